The number of benzene rings is 3. The minimum atomic E-state index is -4.24. The van der Waals surface area contributed by atoms with Crippen LogP contribution in [0.15, 0.2) is 65.6 Å². The molecule has 0 aliphatic carbocycles. The molecular formula is C23H22ClFN2O4S. The third-order valence-corrected chi connectivity index (χ3v) is 7.04. The van der Waals surface area contributed by atoms with E-state index in [0.29, 0.717) is 21.8 Å². The number of ether oxygens (including phenoxy) is 1. The maximum Gasteiger partial charge on any atom is 0.268 e. The Morgan fingerprint density at radius 2 is 1.78 bits per heavy atom. The molecule has 0 spiro atoms. The summed E-state index contributed by atoms with van der Waals surface area (Å²) < 4.78 is 46.9. The van der Waals surface area contributed by atoms with Gasteiger partial charge in [0, 0.05) is 10.7 Å². The molecule has 0 aliphatic heterocycles. The van der Waals surface area contributed by atoms with Crippen molar-refractivity contribution in [2.75, 3.05) is 23.3 Å². The number of hydrogen-bond donors (Lipinski definition) is 1. The van der Waals surface area contributed by atoms with Crippen LogP contribution in [0, 0.1) is 19.7 Å². The summed E-state index contributed by atoms with van der Waals surface area (Å²) in [4.78, 5) is 12.8. The number of rotatable bonds is 7. The molecule has 1 amide bonds. The highest BCUT2D eigenvalue weighted by Gasteiger charge is 2.30. The minimum Gasteiger partial charge on any atom is -0.495 e. The first-order valence-electron chi connectivity index (χ1n) is 9.61. The molecule has 0 saturated heterocycles. The van der Waals surface area contributed by atoms with Crippen LogP contribution in [0.1, 0.15) is 11.1 Å². The van der Waals surface area contributed by atoms with Crippen molar-refractivity contribution in [2.24, 2.45) is 0 Å². The van der Waals surface area contributed by atoms with Gasteiger partial charge in [0.25, 0.3) is 10.0 Å². The molecule has 3 aromatic carbocycles. The van der Waals surface area contributed by atoms with Crippen LogP contribution in [0.3, 0.4) is 0 Å². The van der Waals surface area contributed by atoms with Gasteiger partial charge in [-0.15, -0.1) is 0 Å². The minimum absolute atomic E-state index is 0.101. The number of carbonyl (C=O) groups is 1. The second kappa shape index (κ2) is 9.58. The Hall–Kier alpha value is -3.10. The molecule has 0 radical (unpaired) electrons. The highest BCUT2D eigenvalue weighted by molar-refractivity contribution is 7.93. The molecule has 0 fully saturated rings. The van der Waals surface area contributed by atoms with Crippen LogP contribution in [-0.4, -0.2) is 28.0 Å². The van der Waals surface area contributed by atoms with E-state index in [4.69, 9.17) is 16.3 Å². The van der Waals surface area contributed by atoms with Gasteiger partial charge < -0.3 is 10.1 Å². The van der Waals surface area contributed by atoms with Gasteiger partial charge in [-0.25, -0.2) is 12.8 Å². The van der Waals surface area contributed by atoms with E-state index < -0.39 is 28.3 Å². The maximum absolute atomic E-state index is 13.6. The largest absolute Gasteiger partial charge is 0.495 e. The Bertz CT molecular complexity index is 1250. The lowest BCUT2D eigenvalue weighted by Crippen LogP contribution is -2.38. The van der Waals surface area contributed by atoms with Crippen LogP contribution >= 0.6 is 11.6 Å². The molecule has 0 saturated carbocycles. The number of amides is 1. The van der Waals surface area contributed by atoms with Gasteiger partial charge in [-0.05, 0) is 73.5 Å². The van der Waals surface area contributed by atoms with E-state index in [-0.39, 0.29) is 16.3 Å². The van der Waals surface area contributed by atoms with Crippen molar-refractivity contribution >= 4 is 38.9 Å². The standard InChI is InChI=1S/C23H22ClFN2O4S/c1-15-7-12-21(31-3)22(13-15)32(29,30)27(18-10-8-17(25)9-11-18)14-23(28)26-20-6-4-5-19(24)16(20)2/h4-13H,14H2,1-3H3,(H,26,28). The van der Waals surface area contributed by atoms with E-state index in [9.17, 15) is 17.6 Å². The van der Waals surface area contributed by atoms with Gasteiger partial charge in [-0.2, -0.15) is 0 Å². The second-order valence-electron chi connectivity index (χ2n) is 7.10. The normalized spacial score (nSPS) is 11.2. The molecule has 0 aliphatic rings. The molecule has 0 aromatic heterocycles. The molecule has 3 aromatic rings. The fourth-order valence-corrected chi connectivity index (χ4v) is 4.93. The third-order valence-electron chi connectivity index (χ3n) is 4.83. The Morgan fingerprint density at radius 1 is 1.09 bits per heavy atom. The van der Waals surface area contributed by atoms with Gasteiger partial charge in [0.15, 0.2) is 0 Å². The fourth-order valence-electron chi connectivity index (χ4n) is 3.09. The first kappa shape index (κ1) is 23.6. The number of methoxy groups -OCH3 is 1. The zero-order valence-corrected chi connectivity index (χ0v) is 19.3. The summed E-state index contributed by atoms with van der Waals surface area (Å²) in [5, 5.41) is 3.16. The molecule has 6 nitrogen and oxygen atoms in total. The molecule has 168 valence electrons. The van der Waals surface area contributed by atoms with E-state index in [1.807, 2.05) is 0 Å². The van der Waals surface area contributed by atoms with Crippen LogP contribution in [0.4, 0.5) is 15.8 Å². The fraction of sp³-hybridized carbons (Fsp3) is 0.174. The van der Waals surface area contributed by atoms with E-state index >= 15 is 0 Å². The summed E-state index contributed by atoms with van der Waals surface area (Å²) in [5.74, 6) is -0.984. The number of nitrogens with zero attached hydrogens (tertiary/aromatic N) is 1. The number of hydrogen-bond acceptors (Lipinski definition) is 4. The summed E-state index contributed by atoms with van der Waals surface area (Å²) in [6, 6.07) is 14.6. The lowest BCUT2D eigenvalue weighted by molar-refractivity contribution is -0.114. The maximum atomic E-state index is 13.6. The molecule has 0 heterocycles. The van der Waals surface area contributed by atoms with Crippen LogP contribution in [0.5, 0.6) is 5.75 Å². The lowest BCUT2D eigenvalue weighted by atomic mass is 10.2. The Kier molecular flexibility index (Phi) is 7.06. The molecular weight excluding hydrogens is 455 g/mol. The van der Waals surface area contributed by atoms with Gasteiger partial charge in [-0.3, -0.25) is 9.10 Å². The number of anilines is 2. The topological polar surface area (TPSA) is 75.7 Å². The average molecular weight is 477 g/mol. The average Bonchev–Trinajstić information content (AvgIpc) is 2.76. The summed E-state index contributed by atoms with van der Waals surface area (Å²) in [5.41, 5.74) is 1.95. The molecule has 1 N–H and O–H groups in total. The lowest BCUT2D eigenvalue weighted by Gasteiger charge is -2.25. The van der Waals surface area contributed by atoms with Crippen molar-refractivity contribution in [1.29, 1.82) is 0 Å². The van der Waals surface area contributed by atoms with Crippen LogP contribution in [0.25, 0.3) is 0 Å². The Labute approximate surface area is 191 Å². The smallest absolute Gasteiger partial charge is 0.268 e. The zero-order valence-electron chi connectivity index (χ0n) is 17.7. The van der Waals surface area contributed by atoms with Crippen molar-refractivity contribution in [3.63, 3.8) is 0 Å². The highest BCUT2D eigenvalue weighted by Crippen LogP contribution is 2.31. The molecule has 3 rings (SSSR count). The number of sulfonamides is 1. The quantitative estimate of drug-likeness (QED) is 0.524. The van der Waals surface area contributed by atoms with E-state index in [1.54, 1.807) is 44.2 Å². The van der Waals surface area contributed by atoms with Crippen molar-refractivity contribution < 1.29 is 22.3 Å². The predicted molar refractivity (Wildman–Crippen MR) is 123 cm³/mol. The number of halogens is 2. The Morgan fingerprint density at radius 3 is 2.44 bits per heavy atom. The summed E-state index contributed by atoms with van der Waals surface area (Å²) in [6.45, 7) is 2.94. The van der Waals surface area contributed by atoms with Crippen molar-refractivity contribution in [3.8, 4) is 5.75 Å². The summed E-state index contributed by atoms with van der Waals surface area (Å²) in [6.07, 6.45) is 0. The van der Waals surface area contributed by atoms with E-state index in [1.165, 1.54) is 25.3 Å². The van der Waals surface area contributed by atoms with Gasteiger partial charge in [0.1, 0.15) is 23.0 Å². The first-order valence-corrected chi connectivity index (χ1v) is 11.4. The van der Waals surface area contributed by atoms with Crippen molar-refractivity contribution in [2.45, 2.75) is 18.7 Å². The highest BCUT2D eigenvalue weighted by atomic mass is 35.5. The SMILES string of the molecule is COc1ccc(C)cc1S(=O)(=O)N(CC(=O)Nc1cccc(Cl)c1C)c1ccc(F)cc1. The summed E-state index contributed by atoms with van der Waals surface area (Å²) in [7, 11) is -2.88. The predicted octanol–water partition coefficient (Wildman–Crippen LogP) is 4.94. The molecule has 0 unspecified atom stereocenters. The second-order valence-corrected chi connectivity index (χ2v) is 9.34. The van der Waals surface area contributed by atoms with Gasteiger partial charge >= 0.3 is 0 Å². The summed E-state index contributed by atoms with van der Waals surface area (Å²) >= 11 is 6.11. The molecule has 0 bridgehead atoms. The van der Waals surface area contributed by atoms with Crippen LogP contribution < -0.4 is 14.4 Å². The molecule has 0 atom stereocenters. The first-order chi connectivity index (χ1) is 15.1. The van der Waals surface area contributed by atoms with Crippen molar-refractivity contribution in [1.82, 2.24) is 0 Å². The molecule has 9 heteroatoms. The third kappa shape index (κ3) is 5.03. The monoisotopic (exact) mass is 476 g/mol. The van der Waals surface area contributed by atoms with E-state index in [2.05, 4.69) is 5.32 Å². The van der Waals surface area contributed by atoms with E-state index in [0.717, 1.165) is 16.4 Å². The van der Waals surface area contributed by atoms with Crippen molar-refractivity contribution in [3.05, 3.63) is 82.6 Å². The molecule has 32 heavy (non-hydrogen) atoms. The van der Waals surface area contributed by atoms with Gasteiger partial charge in [0.05, 0.1) is 12.8 Å². The number of aryl methyl sites for hydroxylation is 1. The Balaban J connectivity index is 2.03. The number of nitrogens with one attached hydrogen (secondary N) is 1. The van der Waals surface area contributed by atoms with Crippen LogP contribution in [0.2, 0.25) is 5.02 Å². The zero-order chi connectivity index (χ0) is 23.5. The number of carbonyl (C=O) groups excluding carboxylic acids is 1. The van der Waals surface area contributed by atoms with Crippen LogP contribution in [-0.2, 0) is 14.8 Å². The van der Waals surface area contributed by atoms with Gasteiger partial charge in [0.2, 0.25) is 5.91 Å². The van der Waals surface area contributed by atoms with Gasteiger partial charge in [-0.1, -0.05) is 23.7 Å².